The van der Waals surface area contributed by atoms with Crippen LogP contribution < -0.4 is 10.6 Å². The van der Waals surface area contributed by atoms with Gasteiger partial charge in [0.15, 0.2) is 0 Å². The van der Waals surface area contributed by atoms with Gasteiger partial charge in [-0.05, 0) is 12.5 Å². The number of aliphatic hydroxyl groups excluding tert-OH is 1. The number of carbonyl (C=O) groups excluding carboxylic acids is 3. The van der Waals surface area contributed by atoms with Gasteiger partial charge in [-0.2, -0.15) is 0 Å². The molecule has 2 amide bonds. The van der Waals surface area contributed by atoms with Gasteiger partial charge in [0.25, 0.3) is 0 Å². The van der Waals surface area contributed by atoms with E-state index in [9.17, 15) is 19.5 Å². The van der Waals surface area contributed by atoms with Crippen molar-refractivity contribution in [2.24, 2.45) is 0 Å². The predicted molar refractivity (Wildman–Crippen MR) is 84.9 cm³/mol. The van der Waals surface area contributed by atoms with Gasteiger partial charge in [0.2, 0.25) is 5.91 Å². The Hall–Kier alpha value is -2.61. The molecule has 132 valence electrons. The minimum atomic E-state index is -1.10. The first kappa shape index (κ1) is 19.4. The van der Waals surface area contributed by atoms with Gasteiger partial charge < -0.3 is 25.2 Å². The number of nitrogens with one attached hydrogen (secondary N) is 2. The smallest absolute Gasteiger partial charge is 0.407 e. The number of hydrogen-bond donors (Lipinski definition) is 3. The Morgan fingerprint density at radius 2 is 1.88 bits per heavy atom. The van der Waals surface area contributed by atoms with Crippen LogP contribution >= 0.6 is 0 Å². The van der Waals surface area contributed by atoms with Crippen molar-refractivity contribution in [3.8, 4) is 0 Å². The summed E-state index contributed by atoms with van der Waals surface area (Å²) >= 11 is 0. The monoisotopic (exact) mass is 338 g/mol. The summed E-state index contributed by atoms with van der Waals surface area (Å²) in [6.07, 6.45) is -2.05. The standard InChI is InChI=1S/C16H22N2O6/c1-11(15(21)23-2)18-14(20)8-13(19)9-17-16(22)24-10-12-6-4-3-5-7-12/h3-7,11,13,19H,8-10H2,1-2H3,(H,17,22)(H,18,20)/t11-,13-/m0/s1. The first-order valence-electron chi connectivity index (χ1n) is 7.42. The van der Waals surface area contributed by atoms with Crippen LogP contribution in [0, 0.1) is 0 Å². The second-order valence-electron chi connectivity index (χ2n) is 5.11. The van der Waals surface area contributed by atoms with Gasteiger partial charge in [-0.15, -0.1) is 0 Å². The zero-order valence-corrected chi connectivity index (χ0v) is 13.7. The average Bonchev–Trinajstić information content (AvgIpc) is 2.58. The molecule has 0 saturated heterocycles. The van der Waals surface area contributed by atoms with Crippen LogP contribution in [0.3, 0.4) is 0 Å². The van der Waals surface area contributed by atoms with Crippen molar-refractivity contribution >= 4 is 18.0 Å². The number of hydrogen-bond acceptors (Lipinski definition) is 6. The maximum Gasteiger partial charge on any atom is 0.407 e. The summed E-state index contributed by atoms with van der Waals surface area (Å²) in [5, 5.41) is 14.5. The fourth-order valence-corrected chi connectivity index (χ4v) is 1.80. The highest BCUT2D eigenvalue weighted by atomic mass is 16.5. The maximum absolute atomic E-state index is 11.6. The van der Waals surface area contributed by atoms with Crippen LogP contribution in [0.25, 0.3) is 0 Å². The summed E-state index contributed by atoms with van der Waals surface area (Å²) in [5.74, 6) is -1.11. The second kappa shape index (κ2) is 10.2. The third-order valence-electron chi connectivity index (χ3n) is 3.05. The third kappa shape index (κ3) is 7.59. The van der Waals surface area contributed by atoms with E-state index in [1.54, 1.807) is 0 Å². The van der Waals surface area contributed by atoms with Crippen LogP contribution in [-0.4, -0.2) is 48.9 Å². The predicted octanol–water partition coefficient (Wildman–Crippen LogP) is 0.341. The number of carbonyl (C=O) groups is 3. The molecule has 1 aromatic rings. The lowest BCUT2D eigenvalue weighted by Gasteiger charge is -2.14. The van der Waals surface area contributed by atoms with Gasteiger partial charge >= 0.3 is 12.1 Å². The van der Waals surface area contributed by atoms with Crippen molar-refractivity contribution < 1.29 is 29.0 Å². The SMILES string of the molecule is COC(=O)[C@H](C)NC(=O)C[C@H](O)CNC(=O)OCc1ccccc1. The van der Waals surface area contributed by atoms with Gasteiger partial charge in [-0.1, -0.05) is 30.3 Å². The largest absolute Gasteiger partial charge is 0.467 e. The first-order chi connectivity index (χ1) is 11.4. The van der Waals surface area contributed by atoms with E-state index in [1.807, 2.05) is 30.3 Å². The molecular formula is C16H22N2O6. The Morgan fingerprint density at radius 3 is 2.50 bits per heavy atom. The summed E-state index contributed by atoms with van der Waals surface area (Å²) < 4.78 is 9.44. The number of aliphatic hydroxyl groups is 1. The molecule has 2 atom stereocenters. The number of benzene rings is 1. The lowest BCUT2D eigenvalue weighted by atomic mass is 10.2. The summed E-state index contributed by atoms with van der Waals surface area (Å²) in [5.41, 5.74) is 0.837. The Balaban J connectivity index is 2.22. The quantitative estimate of drug-likeness (QED) is 0.589. The van der Waals surface area contributed by atoms with E-state index in [4.69, 9.17) is 4.74 Å². The van der Waals surface area contributed by atoms with Gasteiger partial charge in [0, 0.05) is 6.54 Å². The van der Waals surface area contributed by atoms with Crippen LogP contribution in [-0.2, 0) is 25.7 Å². The molecule has 0 aliphatic carbocycles. The molecule has 0 fully saturated rings. The van der Waals surface area contributed by atoms with Crippen molar-refractivity contribution in [3.63, 3.8) is 0 Å². The Bertz CT molecular complexity index is 549. The molecule has 24 heavy (non-hydrogen) atoms. The highest BCUT2D eigenvalue weighted by Crippen LogP contribution is 2.00. The summed E-state index contributed by atoms with van der Waals surface area (Å²) in [6, 6.07) is 8.33. The maximum atomic E-state index is 11.6. The molecule has 0 radical (unpaired) electrons. The molecule has 0 aliphatic rings. The van der Waals surface area contributed by atoms with Crippen molar-refractivity contribution in [2.45, 2.75) is 32.1 Å². The molecule has 1 aromatic carbocycles. The molecule has 0 aromatic heterocycles. The molecule has 0 spiro atoms. The molecule has 0 unspecified atom stereocenters. The van der Waals surface area contributed by atoms with Crippen molar-refractivity contribution in [3.05, 3.63) is 35.9 Å². The lowest BCUT2D eigenvalue weighted by Crippen LogP contribution is -2.42. The molecule has 0 saturated carbocycles. The first-order valence-corrected chi connectivity index (χ1v) is 7.42. The number of rotatable bonds is 8. The van der Waals surface area contributed by atoms with E-state index in [1.165, 1.54) is 14.0 Å². The molecule has 0 heterocycles. The number of amides is 2. The van der Waals surface area contributed by atoms with Gasteiger partial charge in [-0.3, -0.25) is 4.79 Å². The number of alkyl carbamates (subject to hydrolysis) is 1. The molecule has 3 N–H and O–H groups in total. The zero-order valence-electron chi connectivity index (χ0n) is 13.7. The molecule has 0 bridgehead atoms. The van der Waals surface area contributed by atoms with E-state index < -0.39 is 30.1 Å². The Morgan fingerprint density at radius 1 is 1.21 bits per heavy atom. The van der Waals surface area contributed by atoms with E-state index in [2.05, 4.69) is 15.4 Å². The van der Waals surface area contributed by atoms with Crippen LogP contribution in [0.1, 0.15) is 18.9 Å². The van der Waals surface area contributed by atoms with E-state index in [0.29, 0.717) is 0 Å². The van der Waals surface area contributed by atoms with Gasteiger partial charge in [0.05, 0.1) is 19.6 Å². The van der Waals surface area contributed by atoms with E-state index in [-0.39, 0.29) is 19.6 Å². The minimum Gasteiger partial charge on any atom is -0.467 e. The normalized spacial score (nSPS) is 12.6. The Labute approximate surface area is 140 Å². The molecular weight excluding hydrogens is 316 g/mol. The van der Waals surface area contributed by atoms with E-state index in [0.717, 1.165) is 5.56 Å². The van der Waals surface area contributed by atoms with Crippen molar-refractivity contribution in [1.82, 2.24) is 10.6 Å². The molecule has 1 rings (SSSR count). The minimum absolute atomic E-state index is 0.111. The fourth-order valence-electron chi connectivity index (χ4n) is 1.80. The van der Waals surface area contributed by atoms with Gasteiger partial charge in [-0.25, -0.2) is 9.59 Å². The van der Waals surface area contributed by atoms with E-state index >= 15 is 0 Å². The average molecular weight is 338 g/mol. The summed E-state index contributed by atoms with van der Waals surface area (Å²) in [6.45, 7) is 1.43. The zero-order chi connectivity index (χ0) is 17.9. The molecule has 0 aliphatic heterocycles. The topological polar surface area (TPSA) is 114 Å². The second-order valence-corrected chi connectivity index (χ2v) is 5.11. The van der Waals surface area contributed by atoms with Crippen molar-refractivity contribution in [1.29, 1.82) is 0 Å². The van der Waals surface area contributed by atoms with Gasteiger partial charge in [0.1, 0.15) is 12.6 Å². The van der Waals surface area contributed by atoms with Crippen LogP contribution in [0.4, 0.5) is 4.79 Å². The van der Waals surface area contributed by atoms with Crippen LogP contribution in [0.15, 0.2) is 30.3 Å². The van der Waals surface area contributed by atoms with Crippen LogP contribution in [0.5, 0.6) is 0 Å². The number of ether oxygens (including phenoxy) is 2. The third-order valence-corrected chi connectivity index (χ3v) is 3.05. The fraction of sp³-hybridized carbons (Fsp3) is 0.438. The van der Waals surface area contributed by atoms with Crippen LogP contribution in [0.2, 0.25) is 0 Å². The lowest BCUT2D eigenvalue weighted by molar-refractivity contribution is -0.144. The highest BCUT2D eigenvalue weighted by Gasteiger charge is 2.18. The highest BCUT2D eigenvalue weighted by molar-refractivity contribution is 5.84. The van der Waals surface area contributed by atoms with Crippen molar-refractivity contribution in [2.75, 3.05) is 13.7 Å². The number of methoxy groups -OCH3 is 1. The number of esters is 1. The summed E-state index contributed by atoms with van der Waals surface area (Å²) in [7, 11) is 1.21. The Kier molecular flexibility index (Phi) is 8.28. The molecule has 8 nitrogen and oxygen atoms in total. The summed E-state index contributed by atoms with van der Waals surface area (Å²) in [4.78, 5) is 34.3. The molecule has 8 heteroatoms.